The molecule has 0 aliphatic carbocycles. The Morgan fingerprint density at radius 1 is 1.30 bits per heavy atom. The molecule has 0 aliphatic heterocycles. The minimum atomic E-state index is -0.176. The summed E-state index contributed by atoms with van der Waals surface area (Å²) in [5.74, 6) is 0.969. The van der Waals surface area contributed by atoms with Crippen molar-refractivity contribution in [1.82, 2.24) is 5.32 Å². The molecule has 1 N–H and O–H groups in total. The zero-order chi connectivity index (χ0) is 14.5. The fourth-order valence-electron chi connectivity index (χ4n) is 1.69. The third-order valence-corrected chi connectivity index (χ3v) is 4.68. The van der Waals surface area contributed by atoms with Crippen molar-refractivity contribution in [2.75, 3.05) is 14.2 Å². The predicted octanol–water partition coefficient (Wildman–Crippen LogP) is 3.46. The molecule has 20 heavy (non-hydrogen) atoms. The molecule has 0 bridgehead atoms. The lowest BCUT2D eigenvalue weighted by Crippen LogP contribution is -2.23. The molecule has 0 fully saturated rings. The van der Waals surface area contributed by atoms with Crippen LogP contribution in [-0.4, -0.2) is 20.1 Å². The molecule has 1 aromatic heterocycles. The lowest BCUT2D eigenvalue weighted by atomic mass is 10.1. The molecule has 4 nitrogen and oxygen atoms in total. The van der Waals surface area contributed by atoms with Crippen LogP contribution in [0.4, 0.5) is 0 Å². The molecule has 0 saturated heterocycles. The Labute approximate surface area is 129 Å². The number of rotatable bonds is 5. The lowest BCUT2D eigenvalue weighted by Gasteiger charge is -2.10. The van der Waals surface area contributed by atoms with Crippen LogP contribution in [0, 0.1) is 0 Å². The van der Waals surface area contributed by atoms with Gasteiger partial charge in [-0.05, 0) is 39.5 Å². The molecule has 0 saturated carbocycles. The fourth-order valence-corrected chi connectivity index (χ4v) is 3.13. The molecule has 1 heterocycles. The molecule has 0 spiro atoms. The Morgan fingerprint density at radius 2 is 2.10 bits per heavy atom. The molecule has 2 rings (SSSR count). The van der Waals surface area contributed by atoms with Gasteiger partial charge in [0, 0.05) is 15.4 Å². The second kappa shape index (κ2) is 6.76. The van der Waals surface area contributed by atoms with E-state index in [2.05, 4.69) is 21.2 Å². The van der Waals surface area contributed by atoms with Gasteiger partial charge in [-0.1, -0.05) is 0 Å². The van der Waals surface area contributed by atoms with Crippen LogP contribution in [0.1, 0.15) is 15.2 Å². The molecule has 2 aromatic rings. The van der Waals surface area contributed by atoms with Gasteiger partial charge in [-0.15, -0.1) is 11.3 Å². The zero-order valence-electron chi connectivity index (χ0n) is 11.1. The van der Waals surface area contributed by atoms with Crippen molar-refractivity contribution in [3.63, 3.8) is 0 Å². The number of methoxy groups -OCH3 is 2. The first kappa shape index (κ1) is 14.9. The fraction of sp³-hybridized carbons (Fsp3) is 0.214. The van der Waals surface area contributed by atoms with Gasteiger partial charge in [0.25, 0.3) is 5.91 Å². The van der Waals surface area contributed by atoms with E-state index in [1.807, 2.05) is 11.4 Å². The summed E-state index contributed by atoms with van der Waals surface area (Å²) in [7, 11) is 3.10. The summed E-state index contributed by atoms with van der Waals surface area (Å²) in [5, 5.41) is 4.85. The summed E-state index contributed by atoms with van der Waals surface area (Å²) in [6.45, 7) is 0.478. The van der Waals surface area contributed by atoms with E-state index in [1.54, 1.807) is 36.6 Å². The summed E-state index contributed by atoms with van der Waals surface area (Å²) in [6, 6.07) is 7.07. The minimum Gasteiger partial charge on any atom is -0.497 e. The molecule has 0 unspecified atom stereocenters. The largest absolute Gasteiger partial charge is 0.497 e. The number of hydrogen-bond acceptors (Lipinski definition) is 4. The van der Waals surface area contributed by atoms with Crippen molar-refractivity contribution in [1.29, 1.82) is 0 Å². The molecule has 1 amide bonds. The summed E-state index contributed by atoms with van der Waals surface area (Å²) in [5.41, 5.74) is 0.487. The maximum absolute atomic E-state index is 12.2. The highest BCUT2D eigenvalue weighted by atomic mass is 79.9. The van der Waals surface area contributed by atoms with Gasteiger partial charge in [-0.25, -0.2) is 0 Å². The van der Waals surface area contributed by atoms with Crippen LogP contribution in [0.3, 0.4) is 0 Å². The number of amides is 1. The number of carbonyl (C=O) groups excluding carboxylic acids is 1. The molecular formula is C14H14BrNO3S. The maximum Gasteiger partial charge on any atom is 0.255 e. The highest BCUT2D eigenvalue weighted by molar-refractivity contribution is 9.10. The molecule has 0 aliphatic rings. The zero-order valence-corrected chi connectivity index (χ0v) is 13.5. The second-order valence-corrected chi connectivity index (χ2v) is 5.80. The summed E-state index contributed by atoms with van der Waals surface area (Å²) >= 11 is 5.03. The topological polar surface area (TPSA) is 47.6 Å². The van der Waals surface area contributed by atoms with Crippen LogP contribution >= 0.6 is 27.3 Å². The molecule has 0 atom stereocenters. The van der Waals surface area contributed by atoms with Gasteiger partial charge in [0.05, 0.1) is 26.3 Å². The quantitative estimate of drug-likeness (QED) is 0.893. The second-order valence-electron chi connectivity index (χ2n) is 3.94. The maximum atomic E-state index is 12.2. The van der Waals surface area contributed by atoms with Crippen molar-refractivity contribution in [3.05, 3.63) is 44.6 Å². The third-order valence-electron chi connectivity index (χ3n) is 2.75. The monoisotopic (exact) mass is 355 g/mol. The Morgan fingerprint density at radius 3 is 2.70 bits per heavy atom. The first-order chi connectivity index (χ1) is 9.65. The van der Waals surface area contributed by atoms with Gasteiger partial charge in [-0.3, -0.25) is 4.79 Å². The van der Waals surface area contributed by atoms with Crippen LogP contribution in [-0.2, 0) is 6.54 Å². The van der Waals surface area contributed by atoms with Gasteiger partial charge in [0.2, 0.25) is 0 Å². The number of nitrogens with one attached hydrogen (secondary N) is 1. The average molecular weight is 356 g/mol. The number of thiophene rings is 1. The Bertz CT molecular complexity index is 612. The number of benzene rings is 1. The van der Waals surface area contributed by atoms with E-state index >= 15 is 0 Å². The predicted molar refractivity (Wildman–Crippen MR) is 82.7 cm³/mol. The van der Waals surface area contributed by atoms with Crippen LogP contribution in [0.2, 0.25) is 0 Å². The molecule has 6 heteroatoms. The van der Waals surface area contributed by atoms with Crippen LogP contribution in [0.25, 0.3) is 0 Å². The average Bonchev–Trinajstić information content (AvgIpc) is 2.89. The summed E-state index contributed by atoms with van der Waals surface area (Å²) < 4.78 is 11.3. The highest BCUT2D eigenvalue weighted by Crippen LogP contribution is 2.25. The minimum absolute atomic E-state index is 0.176. The van der Waals surface area contributed by atoms with Crippen LogP contribution in [0.5, 0.6) is 11.5 Å². The molecule has 0 radical (unpaired) electrons. The van der Waals surface area contributed by atoms with Crippen molar-refractivity contribution in [3.8, 4) is 11.5 Å². The number of ether oxygens (including phenoxy) is 2. The lowest BCUT2D eigenvalue weighted by molar-refractivity contribution is 0.0948. The number of halogens is 1. The van der Waals surface area contributed by atoms with E-state index in [9.17, 15) is 4.79 Å². The van der Waals surface area contributed by atoms with Crippen molar-refractivity contribution in [2.24, 2.45) is 0 Å². The third kappa shape index (κ3) is 3.32. The van der Waals surface area contributed by atoms with Crippen molar-refractivity contribution in [2.45, 2.75) is 6.54 Å². The van der Waals surface area contributed by atoms with Gasteiger partial charge >= 0.3 is 0 Å². The van der Waals surface area contributed by atoms with Gasteiger partial charge < -0.3 is 14.8 Å². The standard InChI is InChI=1S/C14H14BrNO3S/c1-18-9-3-4-10(12(7-9)19-2)14(17)16-8-13-11(15)5-6-20-13/h3-7H,8H2,1-2H3,(H,16,17). The van der Waals surface area contributed by atoms with Gasteiger partial charge in [-0.2, -0.15) is 0 Å². The SMILES string of the molecule is COc1ccc(C(=O)NCc2sccc2Br)c(OC)c1. The van der Waals surface area contributed by atoms with E-state index in [-0.39, 0.29) is 5.91 Å². The van der Waals surface area contributed by atoms with Crippen molar-refractivity contribution >= 4 is 33.2 Å². The molecule has 106 valence electrons. The number of carbonyl (C=O) groups is 1. The van der Waals surface area contributed by atoms with Crippen LogP contribution in [0.15, 0.2) is 34.1 Å². The number of hydrogen-bond donors (Lipinski definition) is 1. The van der Waals surface area contributed by atoms with Gasteiger partial charge in [0.1, 0.15) is 11.5 Å². The molecule has 1 aromatic carbocycles. The molecular weight excluding hydrogens is 342 g/mol. The normalized spacial score (nSPS) is 10.2. The van der Waals surface area contributed by atoms with E-state index < -0.39 is 0 Å². The summed E-state index contributed by atoms with van der Waals surface area (Å²) in [4.78, 5) is 13.3. The van der Waals surface area contributed by atoms with Crippen LogP contribution < -0.4 is 14.8 Å². The van der Waals surface area contributed by atoms with E-state index in [4.69, 9.17) is 9.47 Å². The van der Waals surface area contributed by atoms with E-state index in [1.165, 1.54) is 7.11 Å². The smallest absolute Gasteiger partial charge is 0.255 e. The first-order valence-corrected chi connectivity index (χ1v) is 7.55. The highest BCUT2D eigenvalue weighted by Gasteiger charge is 2.13. The Hall–Kier alpha value is -1.53. The Balaban J connectivity index is 2.11. The van der Waals surface area contributed by atoms with Gasteiger partial charge in [0.15, 0.2) is 0 Å². The summed E-state index contributed by atoms with van der Waals surface area (Å²) in [6.07, 6.45) is 0. The van der Waals surface area contributed by atoms with E-state index in [0.29, 0.717) is 23.6 Å². The van der Waals surface area contributed by atoms with E-state index in [0.717, 1.165) is 9.35 Å². The first-order valence-electron chi connectivity index (χ1n) is 5.87. The Kier molecular flexibility index (Phi) is 5.03. The van der Waals surface area contributed by atoms with Crippen molar-refractivity contribution < 1.29 is 14.3 Å².